The summed E-state index contributed by atoms with van der Waals surface area (Å²) in [4.78, 5) is 38.5. The van der Waals surface area contributed by atoms with Crippen molar-refractivity contribution in [3.63, 3.8) is 0 Å². The number of benzene rings is 2. The number of nitrogens with two attached hydrogens (primary N) is 1. The zero-order chi connectivity index (χ0) is 25.9. The van der Waals surface area contributed by atoms with Crippen LogP contribution in [0, 0.1) is 0 Å². The summed E-state index contributed by atoms with van der Waals surface area (Å²) < 4.78 is 9.00. The van der Waals surface area contributed by atoms with E-state index in [-0.39, 0.29) is 23.5 Å². The Bertz CT molecular complexity index is 1490. The number of ether oxygens (including phenoxy) is 1. The highest BCUT2D eigenvalue weighted by Crippen LogP contribution is 2.28. The SMILES string of the molecule is CCN(C)CC=CC(=O)N1CC(n2c(=O)n(-c3ccc(Oc4ccccc4)cc3)c3c(N)ncnc32)C1. The number of hydrogen-bond acceptors (Lipinski definition) is 7. The van der Waals surface area contributed by atoms with Gasteiger partial charge in [0.05, 0.1) is 11.7 Å². The van der Waals surface area contributed by atoms with Crippen LogP contribution in [0.5, 0.6) is 11.5 Å². The number of nitrogen functional groups attached to an aromatic ring is 1. The third kappa shape index (κ3) is 4.83. The van der Waals surface area contributed by atoms with E-state index in [1.807, 2.05) is 43.5 Å². The summed E-state index contributed by atoms with van der Waals surface area (Å²) in [5, 5.41) is 0. The first kappa shape index (κ1) is 24.3. The van der Waals surface area contributed by atoms with Crippen molar-refractivity contribution in [1.29, 1.82) is 0 Å². The molecule has 1 aliphatic rings. The molecule has 3 heterocycles. The Balaban J connectivity index is 1.40. The van der Waals surface area contributed by atoms with Crippen molar-refractivity contribution in [3.05, 3.63) is 83.6 Å². The molecule has 0 aliphatic carbocycles. The van der Waals surface area contributed by atoms with Crippen LogP contribution in [0.1, 0.15) is 13.0 Å². The van der Waals surface area contributed by atoms with E-state index in [9.17, 15) is 9.59 Å². The van der Waals surface area contributed by atoms with Crippen LogP contribution in [0.2, 0.25) is 0 Å². The number of aromatic nitrogens is 4. The van der Waals surface area contributed by atoms with Gasteiger partial charge in [-0.25, -0.2) is 14.8 Å². The number of nitrogens with zero attached hydrogens (tertiary/aromatic N) is 6. The molecule has 4 aromatic rings. The molecule has 1 fully saturated rings. The summed E-state index contributed by atoms with van der Waals surface area (Å²) >= 11 is 0. The zero-order valence-electron chi connectivity index (χ0n) is 20.8. The predicted molar refractivity (Wildman–Crippen MR) is 142 cm³/mol. The molecule has 10 nitrogen and oxygen atoms in total. The van der Waals surface area contributed by atoms with Gasteiger partial charge in [0.2, 0.25) is 5.91 Å². The lowest BCUT2D eigenvalue weighted by Gasteiger charge is -2.38. The number of fused-ring (bicyclic) bond motifs is 1. The maximum Gasteiger partial charge on any atom is 0.335 e. The van der Waals surface area contributed by atoms with E-state index in [1.165, 1.54) is 10.9 Å². The summed E-state index contributed by atoms with van der Waals surface area (Å²) in [7, 11) is 1.99. The lowest BCUT2D eigenvalue weighted by Crippen LogP contribution is -2.52. The average molecular weight is 500 g/mol. The van der Waals surface area contributed by atoms with Gasteiger partial charge in [-0.2, -0.15) is 0 Å². The van der Waals surface area contributed by atoms with E-state index in [1.54, 1.807) is 39.8 Å². The molecule has 37 heavy (non-hydrogen) atoms. The van der Waals surface area contributed by atoms with Gasteiger partial charge in [0, 0.05) is 25.7 Å². The molecule has 0 atom stereocenters. The molecular formula is C27H29N7O3. The molecule has 1 aliphatic heterocycles. The minimum atomic E-state index is -0.281. The minimum absolute atomic E-state index is 0.0688. The summed E-state index contributed by atoms with van der Waals surface area (Å²) in [5.41, 5.74) is 7.43. The third-order valence-corrected chi connectivity index (χ3v) is 6.51. The van der Waals surface area contributed by atoms with E-state index in [4.69, 9.17) is 10.5 Å². The molecule has 2 aromatic carbocycles. The van der Waals surface area contributed by atoms with Crippen LogP contribution in [-0.2, 0) is 4.79 Å². The number of imidazole rings is 1. The number of amides is 1. The molecule has 190 valence electrons. The monoisotopic (exact) mass is 499 g/mol. The maximum absolute atomic E-state index is 13.7. The van der Waals surface area contributed by atoms with Gasteiger partial charge < -0.3 is 20.3 Å². The molecule has 0 bridgehead atoms. The van der Waals surface area contributed by atoms with Gasteiger partial charge in [-0.3, -0.25) is 13.9 Å². The van der Waals surface area contributed by atoms with Crippen molar-refractivity contribution in [1.82, 2.24) is 28.9 Å². The number of hydrogen-bond donors (Lipinski definition) is 1. The molecular weight excluding hydrogens is 470 g/mol. The van der Waals surface area contributed by atoms with Crippen molar-refractivity contribution >= 4 is 22.9 Å². The highest BCUT2D eigenvalue weighted by molar-refractivity contribution is 5.88. The van der Waals surface area contributed by atoms with Crippen molar-refractivity contribution in [3.8, 4) is 17.2 Å². The van der Waals surface area contributed by atoms with Gasteiger partial charge in [0.1, 0.15) is 23.3 Å². The van der Waals surface area contributed by atoms with Crippen LogP contribution in [0.4, 0.5) is 5.82 Å². The van der Waals surface area contributed by atoms with Crippen LogP contribution in [0.3, 0.4) is 0 Å². The lowest BCUT2D eigenvalue weighted by molar-refractivity contribution is -0.131. The third-order valence-electron chi connectivity index (χ3n) is 6.51. The van der Waals surface area contributed by atoms with Crippen molar-refractivity contribution in [2.24, 2.45) is 0 Å². The van der Waals surface area contributed by atoms with E-state index in [0.29, 0.717) is 42.2 Å². The van der Waals surface area contributed by atoms with Crippen LogP contribution >= 0.6 is 0 Å². The van der Waals surface area contributed by atoms with Crippen LogP contribution in [0.15, 0.2) is 77.9 Å². The number of para-hydroxylation sites is 1. The van der Waals surface area contributed by atoms with Gasteiger partial charge in [-0.1, -0.05) is 31.2 Å². The second-order valence-corrected chi connectivity index (χ2v) is 8.98. The molecule has 1 amide bonds. The van der Waals surface area contributed by atoms with Gasteiger partial charge >= 0.3 is 5.69 Å². The smallest absolute Gasteiger partial charge is 0.335 e. The molecule has 0 saturated carbocycles. The van der Waals surface area contributed by atoms with E-state index in [0.717, 1.165) is 12.3 Å². The number of likely N-dealkylation sites (N-methyl/N-ethyl adjacent to an activating group) is 1. The second kappa shape index (κ2) is 10.3. The van der Waals surface area contributed by atoms with Crippen molar-refractivity contribution in [2.45, 2.75) is 13.0 Å². The fourth-order valence-electron chi connectivity index (χ4n) is 4.29. The minimum Gasteiger partial charge on any atom is -0.457 e. The molecule has 0 radical (unpaired) electrons. The first-order valence-corrected chi connectivity index (χ1v) is 12.2. The fourth-order valence-corrected chi connectivity index (χ4v) is 4.29. The summed E-state index contributed by atoms with van der Waals surface area (Å²) in [6.45, 7) is 4.51. The highest BCUT2D eigenvalue weighted by atomic mass is 16.5. The summed E-state index contributed by atoms with van der Waals surface area (Å²) in [6.07, 6.45) is 4.80. The number of carbonyl (C=O) groups is 1. The molecule has 2 N–H and O–H groups in total. The molecule has 5 rings (SSSR count). The summed E-state index contributed by atoms with van der Waals surface area (Å²) in [5.74, 6) is 1.50. The average Bonchev–Trinajstić information content (AvgIpc) is 3.17. The Labute approximate surface area is 214 Å². The van der Waals surface area contributed by atoms with E-state index < -0.39 is 0 Å². The second-order valence-electron chi connectivity index (χ2n) is 8.98. The highest BCUT2D eigenvalue weighted by Gasteiger charge is 2.35. The van der Waals surface area contributed by atoms with Crippen molar-refractivity contribution in [2.75, 3.05) is 39.0 Å². The fraction of sp³-hybridized carbons (Fsp3) is 0.259. The van der Waals surface area contributed by atoms with Crippen LogP contribution in [0.25, 0.3) is 16.9 Å². The lowest BCUT2D eigenvalue weighted by atomic mass is 10.1. The quantitative estimate of drug-likeness (QED) is 0.371. The number of carbonyl (C=O) groups excluding carboxylic acids is 1. The molecule has 1 saturated heterocycles. The molecule has 0 unspecified atom stereocenters. The number of anilines is 1. The maximum atomic E-state index is 13.7. The van der Waals surface area contributed by atoms with Gasteiger partial charge in [-0.15, -0.1) is 0 Å². The van der Waals surface area contributed by atoms with E-state index in [2.05, 4.69) is 21.8 Å². The Morgan fingerprint density at radius 1 is 1.11 bits per heavy atom. The first-order chi connectivity index (χ1) is 18.0. The molecule has 10 heteroatoms. The Kier molecular flexibility index (Phi) is 6.74. The Morgan fingerprint density at radius 2 is 1.81 bits per heavy atom. The van der Waals surface area contributed by atoms with Gasteiger partial charge in [0.25, 0.3) is 0 Å². The Hall–Kier alpha value is -4.44. The number of rotatable bonds is 8. The molecule has 0 spiro atoms. The van der Waals surface area contributed by atoms with E-state index >= 15 is 0 Å². The molecule has 2 aromatic heterocycles. The van der Waals surface area contributed by atoms with Crippen LogP contribution in [-0.4, -0.2) is 68.0 Å². The standard InChI is InChI=1S/C27H29N7O3/c1-3-31(2)15-7-10-23(35)32-16-20(17-32)34-26-24(25(28)29-18-30-26)33(27(34)36)19-11-13-22(14-12-19)37-21-8-5-4-6-9-21/h4-14,18,20H,3,15-17H2,1-2H3,(H2,28,29,30). The van der Waals surface area contributed by atoms with Gasteiger partial charge in [0.15, 0.2) is 11.5 Å². The zero-order valence-corrected chi connectivity index (χ0v) is 20.8. The van der Waals surface area contributed by atoms with Crippen LogP contribution < -0.4 is 16.2 Å². The van der Waals surface area contributed by atoms with Crippen molar-refractivity contribution < 1.29 is 9.53 Å². The largest absolute Gasteiger partial charge is 0.457 e. The summed E-state index contributed by atoms with van der Waals surface area (Å²) in [6, 6.07) is 16.4. The predicted octanol–water partition coefficient (Wildman–Crippen LogP) is 2.85. The number of likely N-dealkylation sites (tertiary alicyclic amines) is 1. The normalized spacial score (nSPS) is 14.0. The van der Waals surface area contributed by atoms with Gasteiger partial charge in [-0.05, 0) is 50.0 Å². The first-order valence-electron chi connectivity index (χ1n) is 12.2. The Morgan fingerprint density at radius 3 is 2.51 bits per heavy atom. The topological polar surface area (TPSA) is 112 Å².